The standard InChI is InChI=1S/C16H24N2O2S/c1-2-3-12-21(19,20)18-11-10-17-9-8-14-6-4-5-7-15(14)16(17)13-18/h4-7,16H,2-3,8-13H2,1H3. The molecule has 3 rings (SSSR count). The Labute approximate surface area is 127 Å². The van der Waals surface area contributed by atoms with Crippen LogP contribution in [0.5, 0.6) is 0 Å². The van der Waals surface area contributed by atoms with Crippen molar-refractivity contribution in [3.63, 3.8) is 0 Å². The van der Waals surface area contributed by atoms with Crippen LogP contribution in [0.4, 0.5) is 0 Å². The monoisotopic (exact) mass is 308 g/mol. The minimum atomic E-state index is -3.09. The Kier molecular flexibility index (Phi) is 4.33. The van der Waals surface area contributed by atoms with Crippen LogP contribution in [-0.4, -0.2) is 49.6 Å². The molecule has 0 amide bonds. The van der Waals surface area contributed by atoms with Crippen molar-refractivity contribution < 1.29 is 8.42 Å². The Hall–Kier alpha value is -0.910. The number of piperazine rings is 1. The largest absolute Gasteiger partial charge is 0.293 e. The fraction of sp³-hybridized carbons (Fsp3) is 0.625. The highest BCUT2D eigenvalue weighted by Gasteiger charge is 2.36. The molecule has 2 aliphatic rings. The lowest BCUT2D eigenvalue weighted by Crippen LogP contribution is -2.52. The van der Waals surface area contributed by atoms with E-state index in [0.29, 0.717) is 13.1 Å². The van der Waals surface area contributed by atoms with Crippen LogP contribution in [-0.2, 0) is 16.4 Å². The van der Waals surface area contributed by atoms with Crippen LogP contribution in [0.15, 0.2) is 24.3 Å². The molecule has 1 atom stereocenters. The lowest BCUT2D eigenvalue weighted by molar-refractivity contribution is 0.109. The van der Waals surface area contributed by atoms with Crippen molar-refractivity contribution in [2.45, 2.75) is 32.2 Å². The molecule has 116 valence electrons. The van der Waals surface area contributed by atoms with E-state index in [4.69, 9.17) is 0 Å². The van der Waals surface area contributed by atoms with Crippen LogP contribution in [0.3, 0.4) is 0 Å². The summed E-state index contributed by atoms with van der Waals surface area (Å²) in [6.07, 6.45) is 2.75. The minimum absolute atomic E-state index is 0.236. The van der Waals surface area contributed by atoms with E-state index >= 15 is 0 Å². The first kappa shape index (κ1) is 15.0. The molecule has 0 aromatic heterocycles. The Morgan fingerprint density at radius 1 is 1.19 bits per heavy atom. The second kappa shape index (κ2) is 6.07. The third kappa shape index (κ3) is 3.00. The van der Waals surface area contributed by atoms with Gasteiger partial charge in [0.1, 0.15) is 0 Å². The van der Waals surface area contributed by atoms with Gasteiger partial charge in [0.25, 0.3) is 0 Å². The van der Waals surface area contributed by atoms with Crippen molar-refractivity contribution >= 4 is 10.0 Å². The van der Waals surface area contributed by atoms with Crippen LogP contribution in [0, 0.1) is 0 Å². The Bertz CT molecular complexity index is 600. The highest BCUT2D eigenvalue weighted by Crippen LogP contribution is 2.33. The van der Waals surface area contributed by atoms with Gasteiger partial charge >= 0.3 is 0 Å². The van der Waals surface area contributed by atoms with Crippen molar-refractivity contribution in [1.82, 2.24) is 9.21 Å². The third-order valence-electron chi connectivity index (χ3n) is 4.69. The predicted molar refractivity (Wildman–Crippen MR) is 84.7 cm³/mol. The number of nitrogens with zero attached hydrogens (tertiary/aromatic N) is 2. The molecule has 0 N–H and O–H groups in total. The molecular formula is C16H24N2O2S. The molecule has 0 aliphatic carbocycles. The van der Waals surface area contributed by atoms with Gasteiger partial charge in [-0.2, -0.15) is 4.31 Å². The smallest absolute Gasteiger partial charge is 0.214 e. The lowest BCUT2D eigenvalue weighted by atomic mass is 9.91. The van der Waals surface area contributed by atoms with Gasteiger partial charge in [-0.05, 0) is 24.0 Å². The van der Waals surface area contributed by atoms with Crippen molar-refractivity contribution in [3.05, 3.63) is 35.4 Å². The highest BCUT2D eigenvalue weighted by atomic mass is 32.2. The Morgan fingerprint density at radius 2 is 2.00 bits per heavy atom. The molecule has 1 aromatic rings. The number of hydrogen-bond donors (Lipinski definition) is 0. The molecule has 0 bridgehead atoms. The quantitative estimate of drug-likeness (QED) is 0.854. The van der Waals surface area contributed by atoms with Crippen LogP contribution in [0.25, 0.3) is 0 Å². The van der Waals surface area contributed by atoms with Gasteiger partial charge in [-0.1, -0.05) is 37.6 Å². The summed E-state index contributed by atoms with van der Waals surface area (Å²) in [6.45, 7) is 5.19. The van der Waals surface area contributed by atoms with Crippen molar-refractivity contribution in [2.75, 3.05) is 31.9 Å². The summed E-state index contributed by atoms with van der Waals surface area (Å²) >= 11 is 0. The molecule has 5 heteroatoms. The van der Waals surface area contributed by atoms with E-state index < -0.39 is 10.0 Å². The zero-order chi connectivity index (χ0) is 14.9. The van der Waals surface area contributed by atoms with Gasteiger partial charge in [0, 0.05) is 32.2 Å². The molecule has 0 saturated carbocycles. The zero-order valence-electron chi connectivity index (χ0n) is 12.7. The second-order valence-corrected chi connectivity index (χ2v) is 8.12. The summed E-state index contributed by atoms with van der Waals surface area (Å²) in [6, 6.07) is 8.71. The summed E-state index contributed by atoms with van der Waals surface area (Å²) in [5, 5.41) is 0. The molecule has 4 nitrogen and oxygen atoms in total. The van der Waals surface area contributed by atoms with Crippen LogP contribution >= 0.6 is 0 Å². The Morgan fingerprint density at radius 3 is 2.81 bits per heavy atom. The maximum Gasteiger partial charge on any atom is 0.214 e. The first-order chi connectivity index (χ1) is 10.1. The fourth-order valence-electron chi connectivity index (χ4n) is 3.42. The molecule has 1 aromatic carbocycles. The molecule has 1 unspecified atom stereocenters. The normalized spacial score (nSPS) is 23.6. The lowest BCUT2D eigenvalue weighted by Gasteiger charge is -2.44. The van der Waals surface area contributed by atoms with Gasteiger partial charge in [-0.25, -0.2) is 8.42 Å². The third-order valence-corrected chi connectivity index (χ3v) is 6.61. The summed E-state index contributed by atoms with van der Waals surface area (Å²) < 4.78 is 26.6. The van der Waals surface area contributed by atoms with E-state index in [2.05, 4.69) is 29.2 Å². The van der Waals surface area contributed by atoms with Gasteiger partial charge in [0.2, 0.25) is 10.0 Å². The van der Waals surface area contributed by atoms with Gasteiger partial charge in [-0.15, -0.1) is 0 Å². The van der Waals surface area contributed by atoms with Gasteiger partial charge in [0.05, 0.1) is 5.75 Å². The summed E-state index contributed by atoms with van der Waals surface area (Å²) in [4.78, 5) is 2.44. The Balaban J connectivity index is 1.80. The number of benzene rings is 1. The maximum absolute atomic E-state index is 12.4. The summed E-state index contributed by atoms with van der Waals surface area (Å²) in [7, 11) is -3.09. The average Bonchev–Trinajstić information content (AvgIpc) is 2.52. The van der Waals surface area contributed by atoms with Crippen LogP contribution in [0.2, 0.25) is 0 Å². The molecular weight excluding hydrogens is 284 g/mol. The summed E-state index contributed by atoms with van der Waals surface area (Å²) in [5.41, 5.74) is 2.70. The number of rotatable bonds is 4. The summed E-state index contributed by atoms with van der Waals surface area (Å²) in [5.74, 6) is 0.290. The SMILES string of the molecule is CCCCS(=O)(=O)N1CCN2CCc3ccccc3C2C1. The first-order valence-electron chi connectivity index (χ1n) is 7.91. The second-order valence-electron chi connectivity index (χ2n) is 6.03. The topological polar surface area (TPSA) is 40.6 Å². The van der Waals surface area contributed by atoms with Gasteiger partial charge in [0.15, 0.2) is 0 Å². The van der Waals surface area contributed by atoms with Crippen molar-refractivity contribution in [2.24, 2.45) is 0 Å². The van der Waals surface area contributed by atoms with Crippen LogP contribution in [0.1, 0.15) is 36.9 Å². The van der Waals surface area contributed by atoms with Crippen LogP contribution < -0.4 is 0 Å². The number of fused-ring (bicyclic) bond motifs is 3. The zero-order valence-corrected chi connectivity index (χ0v) is 13.5. The minimum Gasteiger partial charge on any atom is -0.293 e. The van der Waals surface area contributed by atoms with Crippen molar-refractivity contribution in [1.29, 1.82) is 0 Å². The molecule has 2 heterocycles. The highest BCUT2D eigenvalue weighted by molar-refractivity contribution is 7.89. The van der Waals surface area contributed by atoms with E-state index in [-0.39, 0.29) is 11.8 Å². The van der Waals surface area contributed by atoms with Crippen molar-refractivity contribution in [3.8, 4) is 0 Å². The molecule has 21 heavy (non-hydrogen) atoms. The average molecular weight is 308 g/mol. The fourth-order valence-corrected chi connectivity index (χ4v) is 5.06. The van der Waals surface area contributed by atoms with Gasteiger partial charge < -0.3 is 0 Å². The van der Waals surface area contributed by atoms with E-state index in [1.165, 1.54) is 11.1 Å². The van der Waals surface area contributed by atoms with E-state index in [9.17, 15) is 8.42 Å². The molecule has 1 fully saturated rings. The number of hydrogen-bond acceptors (Lipinski definition) is 3. The van der Waals surface area contributed by atoms with Gasteiger partial charge in [-0.3, -0.25) is 4.90 Å². The predicted octanol–water partition coefficient (Wildman–Crippen LogP) is 2.03. The first-order valence-corrected chi connectivity index (χ1v) is 9.52. The van der Waals surface area contributed by atoms with E-state index in [1.807, 2.05) is 6.92 Å². The van der Waals surface area contributed by atoms with E-state index in [0.717, 1.165) is 32.4 Å². The molecule has 0 spiro atoms. The maximum atomic E-state index is 12.4. The number of sulfonamides is 1. The molecule has 1 saturated heterocycles. The molecule has 2 aliphatic heterocycles. The number of unbranched alkanes of at least 4 members (excludes halogenated alkanes) is 1. The van der Waals surface area contributed by atoms with E-state index in [1.54, 1.807) is 4.31 Å². The molecule has 0 radical (unpaired) electrons.